The molecule has 4 rings (SSSR count). The van der Waals surface area contributed by atoms with Crippen LogP contribution >= 0.6 is 0 Å². The standard InChI is InChI=1S/C25H23F3N4O4/c1-13(29)22-21(23(33)30-12-14-4-6-15(34-2)7-5-14)32-24(36-22)17-8-10-18(35-3)20-16(17)9-11-19(31-20)25(26,27)28/h4-11,13H,12,29H2,1-3H3,(H,30,33)/t13-/m0/s1. The number of halogens is 3. The highest BCUT2D eigenvalue weighted by atomic mass is 19.4. The summed E-state index contributed by atoms with van der Waals surface area (Å²) in [6.45, 7) is 1.85. The number of carbonyl (C=O) groups is 1. The summed E-state index contributed by atoms with van der Waals surface area (Å²) in [6, 6.07) is 11.7. The van der Waals surface area contributed by atoms with Crippen molar-refractivity contribution < 1.29 is 31.9 Å². The molecule has 11 heteroatoms. The molecule has 0 aliphatic heterocycles. The summed E-state index contributed by atoms with van der Waals surface area (Å²) in [5.41, 5.74) is 6.10. The van der Waals surface area contributed by atoms with Gasteiger partial charge in [-0.3, -0.25) is 4.79 Å². The lowest BCUT2D eigenvalue weighted by molar-refractivity contribution is -0.140. The van der Waals surface area contributed by atoms with E-state index in [0.29, 0.717) is 16.7 Å². The van der Waals surface area contributed by atoms with E-state index in [0.717, 1.165) is 11.6 Å². The van der Waals surface area contributed by atoms with Gasteiger partial charge in [0.25, 0.3) is 5.91 Å². The smallest absolute Gasteiger partial charge is 0.433 e. The lowest BCUT2D eigenvalue weighted by Gasteiger charge is -2.11. The van der Waals surface area contributed by atoms with Gasteiger partial charge in [-0.2, -0.15) is 13.2 Å². The quantitative estimate of drug-likeness (QED) is 0.372. The van der Waals surface area contributed by atoms with Crippen LogP contribution in [-0.4, -0.2) is 30.1 Å². The van der Waals surface area contributed by atoms with Gasteiger partial charge in [-0.25, -0.2) is 9.97 Å². The SMILES string of the molecule is COc1ccc(CNC(=O)c2nc(-c3ccc(OC)c4nc(C(F)(F)F)ccc34)oc2[C@H](C)N)cc1. The summed E-state index contributed by atoms with van der Waals surface area (Å²) < 4.78 is 55.9. The summed E-state index contributed by atoms with van der Waals surface area (Å²) in [7, 11) is 2.90. The fourth-order valence-corrected chi connectivity index (χ4v) is 3.63. The topological polar surface area (TPSA) is 112 Å². The first-order chi connectivity index (χ1) is 17.1. The molecule has 0 unspecified atom stereocenters. The van der Waals surface area contributed by atoms with Crippen LogP contribution in [0.15, 0.2) is 52.9 Å². The number of pyridine rings is 1. The van der Waals surface area contributed by atoms with Gasteiger partial charge in [-0.05, 0) is 48.9 Å². The lowest BCUT2D eigenvalue weighted by Crippen LogP contribution is -2.25. The maximum absolute atomic E-state index is 13.2. The summed E-state index contributed by atoms with van der Waals surface area (Å²) in [4.78, 5) is 21.1. The number of hydrogen-bond acceptors (Lipinski definition) is 7. The number of amides is 1. The average molecular weight is 500 g/mol. The van der Waals surface area contributed by atoms with E-state index in [2.05, 4.69) is 15.3 Å². The second-order valence-electron chi connectivity index (χ2n) is 7.96. The molecule has 2 aromatic heterocycles. The van der Waals surface area contributed by atoms with Crippen molar-refractivity contribution in [3.8, 4) is 23.0 Å². The molecule has 8 nitrogen and oxygen atoms in total. The van der Waals surface area contributed by atoms with E-state index in [1.165, 1.54) is 19.2 Å². The summed E-state index contributed by atoms with van der Waals surface area (Å²) >= 11 is 0. The van der Waals surface area contributed by atoms with Gasteiger partial charge < -0.3 is 24.9 Å². The van der Waals surface area contributed by atoms with Crippen molar-refractivity contribution in [1.29, 1.82) is 0 Å². The van der Waals surface area contributed by atoms with E-state index in [9.17, 15) is 18.0 Å². The summed E-state index contributed by atoms with van der Waals surface area (Å²) in [5.74, 6) is 0.487. The van der Waals surface area contributed by atoms with Crippen LogP contribution in [-0.2, 0) is 12.7 Å². The van der Waals surface area contributed by atoms with Crippen molar-refractivity contribution in [3.05, 3.63) is 71.2 Å². The van der Waals surface area contributed by atoms with Crippen molar-refractivity contribution in [3.63, 3.8) is 0 Å². The van der Waals surface area contributed by atoms with Gasteiger partial charge >= 0.3 is 6.18 Å². The van der Waals surface area contributed by atoms with Crippen molar-refractivity contribution in [1.82, 2.24) is 15.3 Å². The van der Waals surface area contributed by atoms with Crippen LogP contribution in [0.3, 0.4) is 0 Å². The Morgan fingerprint density at radius 3 is 2.39 bits per heavy atom. The Bertz CT molecular complexity index is 1400. The number of oxazole rings is 1. The Kier molecular flexibility index (Phi) is 6.84. The number of nitrogens with one attached hydrogen (secondary N) is 1. The molecule has 2 aromatic carbocycles. The van der Waals surface area contributed by atoms with E-state index < -0.39 is 23.8 Å². The Balaban J connectivity index is 1.70. The highest BCUT2D eigenvalue weighted by molar-refractivity contribution is 5.98. The van der Waals surface area contributed by atoms with Gasteiger partial charge in [0.2, 0.25) is 5.89 Å². The number of aromatic nitrogens is 2. The minimum absolute atomic E-state index is 0.0163. The number of ether oxygens (including phenoxy) is 2. The number of methoxy groups -OCH3 is 2. The molecule has 1 amide bonds. The molecular weight excluding hydrogens is 477 g/mol. The van der Waals surface area contributed by atoms with Gasteiger partial charge in [0, 0.05) is 17.5 Å². The minimum Gasteiger partial charge on any atom is -0.497 e. The number of hydrogen-bond donors (Lipinski definition) is 2. The van der Waals surface area contributed by atoms with Gasteiger partial charge in [0.15, 0.2) is 11.5 Å². The van der Waals surface area contributed by atoms with Crippen LogP contribution in [0, 0.1) is 0 Å². The zero-order valence-corrected chi connectivity index (χ0v) is 19.6. The van der Waals surface area contributed by atoms with Crippen LogP contribution in [0.2, 0.25) is 0 Å². The maximum atomic E-state index is 13.2. The summed E-state index contributed by atoms with van der Waals surface area (Å²) in [5, 5.41) is 3.09. The molecule has 36 heavy (non-hydrogen) atoms. The van der Waals surface area contributed by atoms with Crippen molar-refractivity contribution >= 4 is 16.8 Å². The molecule has 0 radical (unpaired) electrons. The number of benzene rings is 2. The largest absolute Gasteiger partial charge is 0.497 e. The first-order valence-corrected chi connectivity index (χ1v) is 10.8. The van der Waals surface area contributed by atoms with E-state index in [1.54, 1.807) is 32.2 Å². The van der Waals surface area contributed by atoms with Crippen molar-refractivity contribution in [2.45, 2.75) is 25.7 Å². The number of carbonyl (C=O) groups excluding carboxylic acids is 1. The van der Waals surface area contributed by atoms with E-state index in [4.69, 9.17) is 19.6 Å². The molecule has 188 valence electrons. The first-order valence-electron chi connectivity index (χ1n) is 10.8. The maximum Gasteiger partial charge on any atom is 0.433 e. The number of fused-ring (bicyclic) bond motifs is 1. The number of nitrogens with zero attached hydrogens (tertiary/aromatic N) is 2. The Morgan fingerprint density at radius 1 is 1.06 bits per heavy atom. The number of rotatable bonds is 7. The fraction of sp³-hybridized carbons (Fsp3) is 0.240. The Labute approximate surface area is 204 Å². The van der Waals surface area contributed by atoms with E-state index in [-0.39, 0.29) is 35.2 Å². The van der Waals surface area contributed by atoms with Crippen LogP contribution in [0.4, 0.5) is 13.2 Å². The van der Waals surface area contributed by atoms with Gasteiger partial charge in [0.05, 0.1) is 20.3 Å². The molecular formula is C25H23F3N4O4. The molecule has 1 atom stereocenters. The van der Waals surface area contributed by atoms with E-state index in [1.807, 2.05) is 12.1 Å². The third kappa shape index (κ3) is 4.96. The minimum atomic E-state index is -4.63. The Morgan fingerprint density at radius 2 is 1.78 bits per heavy atom. The van der Waals surface area contributed by atoms with Gasteiger partial charge in [-0.1, -0.05) is 12.1 Å². The lowest BCUT2D eigenvalue weighted by atomic mass is 10.1. The zero-order valence-electron chi connectivity index (χ0n) is 19.6. The molecule has 0 bridgehead atoms. The Hall–Kier alpha value is -4.12. The molecule has 0 aliphatic rings. The molecule has 0 saturated heterocycles. The van der Waals surface area contributed by atoms with Crippen molar-refractivity contribution in [2.75, 3.05) is 14.2 Å². The normalized spacial score (nSPS) is 12.4. The third-order valence-corrected chi connectivity index (χ3v) is 5.46. The van der Waals surface area contributed by atoms with Crippen LogP contribution in [0.5, 0.6) is 11.5 Å². The predicted molar refractivity (Wildman–Crippen MR) is 126 cm³/mol. The molecule has 0 saturated carbocycles. The molecule has 4 aromatic rings. The predicted octanol–water partition coefficient (Wildman–Crippen LogP) is 4.88. The zero-order chi connectivity index (χ0) is 26.0. The third-order valence-electron chi connectivity index (χ3n) is 5.46. The summed E-state index contributed by atoms with van der Waals surface area (Å²) in [6.07, 6.45) is -4.63. The van der Waals surface area contributed by atoms with E-state index >= 15 is 0 Å². The van der Waals surface area contributed by atoms with Crippen LogP contribution in [0.1, 0.15) is 40.5 Å². The van der Waals surface area contributed by atoms with Crippen molar-refractivity contribution in [2.24, 2.45) is 5.73 Å². The fourth-order valence-electron chi connectivity index (χ4n) is 3.63. The molecule has 0 fully saturated rings. The number of alkyl halides is 3. The molecule has 3 N–H and O–H groups in total. The first kappa shape index (κ1) is 25.0. The average Bonchev–Trinajstić information content (AvgIpc) is 3.32. The van der Waals surface area contributed by atoms with Crippen LogP contribution < -0.4 is 20.5 Å². The molecule has 2 heterocycles. The molecule has 0 spiro atoms. The van der Waals surface area contributed by atoms with Gasteiger partial charge in [0.1, 0.15) is 22.7 Å². The monoisotopic (exact) mass is 500 g/mol. The number of nitrogens with two attached hydrogens (primary N) is 1. The highest BCUT2D eigenvalue weighted by Gasteiger charge is 2.33. The highest BCUT2D eigenvalue weighted by Crippen LogP contribution is 2.37. The van der Waals surface area contributed by atoms with Crippen LogP contribution in [0.25, 0.3) is 22.4 Å². The second-order valence-corrected chi connectivity index (χ2v) is 7.96. The second kappa shape index (κ2) is 9.86. The molecule has 0 aliphatic carbocycles. The van der Waals surface area contributed by atoms with Gasteiger partial charge in [-0.15, -0.1) is 0 Å².